The molecule has 6 aromatic rings. The second kappa shape index (κ2) is 19.6. The van der Waals surface area contributed by atoms with Crippen LogP contribution >= 0.6 is 31.9 Å². The first-order valence-corrected chi connectivity index (χ1v) is 19.1. The van der Waals surface area contributed by atoms with E-state index in [2.05, 4.69) is 41.7 Å². The molecule has 1 amide bonds. The maximum Gasteiger partial charge on any atom is 0.251 e. The smallest absolute Gasteiger partial charge is 0.251 e. The molecule has 294 valence electrons. The van der Waals surface area contributed by atoms with Crippen molar-refractivity contribution < 1.29 is 41.4 Å². The molecule has 7 nitrogen and oxygen atoms in total. The normalized spacial score (nSPS) is 10.7. The minimum absolute atomic E-state index is 0.0404. The molecule has 1 N–H and O–H groups in total. The monoisotopic (exact) mass is 906 g/mol. The third kappa shape index (κ3) is 11.3. The number of hydrogen-bond donors (Lipinski definition) is 1. The van der Waals surface area contributed by atoms with Crippen molar-refractivity contribution in [3.05, 3.63) is 169 Å². The lowest BCUT2D eigenvalue weighted by molar-refractivity contribution is -0.117. The van der Waals surface area contributed by atoms with Crippen LogP contribution in [0.15, 0.2) is 118 Å². The molecule has 0 aliphatic carbocycles. The van der Waals surface area contributed by atoms with Gasteiger partial charge >= 0.3 is 0 Å². The van der Waals surface area contributed by atoms with Crippen LogP contribution in [0.2, 0.25) is 0 Å². The highest BCUT2D eigenvalue weighted by molar-refractivity contribution is 9.10. The van der Waals surface area contributed by atoms with Gasteiger partial charge in [0.2, 0.25) is 0 Å². The summed E-state index contributed by atoms with van der Waals surface area (Å²) in [5, 5.41) is 2.62. The Hall–Kier alpha value is -5.53. The number of ketones is 2. The number of Topliss-reactive ketones (excluding diaryl/α,β-unsaturated/α-hetero) is 2. The summed E-state index contributed by atoms with van der Waals surface area (Å²) >= 11 is 6.80. The fourth-order valence-electron chi connectivity index (χ4n) is 5.68. The fourth-order valence-corrected chi connectivity index (χ4v) is 6.41. The van der Waals surface area contributed by atoms with Crippen molar-refractivity contribution in [2.75, 3.05) is 7.05 Å². The summed E-state index contributed by atoms with van der Waals surface area (Å²) in [5.74, 6) is -2.27. The van der Waals surface area contributed by atoms with Crippen molar-refractivity contribution in [3.8, 4) is 28.4 Å². The molecule has 0 unspecified atom stereocenters. The number of aromatic nitrogens is 1. The van der Waals surface area contributed by atoms with E-state index < -0.39 is 23.3 Å². The summed E-state index contributed by atoms with van der Waals surface area (Å²) in [7, 11) is 1.59. The highest BCUT2D eigenvalue weighted by atomic mass is 79.9. The number of nitrogens with one attached hydrogen (secondary N) is 1. The van der Waals surface area contributed by atoms with Gasteiger partial charge in [0.1, 0.15) is 53.8 Å². The largest absolute Gasteiger partial charge is 0.488 e. The van der Waals surface area contributed by atoms with E-state index in [0.717, 1.165) is 45.3 Å². The topological polar surface area (TPSA) is 86.6 Å². The summed E-state index contributed by atoms with van der Waals surface area (Å²) in [4.78, 5) is 35.2. The van der Waals surface area contributed by atoms with Crippen LogP contribution in [0, 0.1) is 30.2 Å². The molecule has 1 aromatic heterocycles. The molecular formula is C44H36Br2F4N2O5. The molecular weight excluding hydrogens is 872 g/mol. The van der Waals surface area contributed by atoms with E-state index >= 15 is 0 Å². The quantitative estimate of drug-likeness (QED) is 0.0921. The number of halogens is 6. The Morgan fingerprint density at radius 3 is 1.79 bits per heavy atom. The van der Waals surface area contributed by atoms with Gasteiger partial charge in [-0.25, -0.2) is 17.6 Å². The van der Waals surface area contributed by atoms with Crippen molar-refractivity contribution in [3.63, 3.8) is 0 Å². The molecule has 57 heavy (non-hydrogen) atoms. The first-order valence-electron chi connectivity index (χ1n) is 17.5. The molecule has 0 radical (unpaired) electrons. The summed E-state index contributed by atoms with van der Waals surface area (Å²) in [6.07, 6.45) is 0.227. The zero-order valence-electron chi connectivity index (χ0n) is 31.0. The van der Waals surface area contributed by atoms with E-state index in [4.69, 9.17) is 9.47 Å². The van der Waals surface area contributed by atoms with Crippen LogP contribution < -0.4 is 14.8 Å². The Morgan fingerprint density at radius 2 is 1.23 bits per heavy atom. The number of aryl methyl sites for hydroxylation is 1. The lowest BCUT2D eigenvalue weighted by atomic mass is 10.0. The first kappa shape index (κ1) is 42.6. The fraction of sp³-hybridized carbons (Fsp3) is 0.159. The van der Waals surface area contributed by atoms with Gasteiger partial charge in [-0.3, -0.25) is 9.59 Å². The van der Waals surface area contributed by atoms with Crippen LogP contribution in [0.25, 0.3) is 16.9 Å². The Balaban J connectivity index is 0.000000230. The molecule has 0 aliphatic heterocycles. The SMILES string of the molecule is CC(=O)CCC(=O)c1cc(Br)ccc1OCc1ccc(F)cc1F.CNC(=O)c1ccc(-n2c(C)ccc2-c2cc(Br)ccc2OCc2ccc(F)cc2F)cc1. The number of nitrogens with zero attached hydrogens (tertiary/aromatic N) is 1. The lowest BCUT2D eigenvalue weighted by Crippen LogP contribution is -2.17. The van der Waals surface area contributed by atoms with Crippen molar-refractivity contribution in [1.82, 2.24) is 9.88 Å². The van der Waals surface area contributed by atoms with Gasteiger partial charge in [-0.2, -0.15) is 0 Å². The summed E-state index contributed by atoms with van der Waals surface area (Å²) in [6, 6.07) is 28.4. The third-order valence-electron chi connectivity index (χ3n) is 8.65. The number of hydrogen-bond acceptors (Lipinski definition) is 5. The van der Waals surface area contributed by atoms with Gasteiger partial charge in [0.05, 0.1) is 11.3 Å². The molecule has 0 atom stereocenters. The molecule has 0 bridgehead atoms. The number of carbonyl (C=O) groups is 3. The van der Waals surface area contributed by atoms with E-state index in [9.17, 15) is 31.9 Å². The van der Waals surface area contributed by atoms with Gasteiger partial charge in [-0.15, -0.1) is 0 Å². The van der Waals surface area contributed by atoms with Gasteiger partial charge in [0.15, 0.2) is 5.78 Å². The van der Waals surface area contributed by atoms with Crippen molar-refractivity contribution >= 4 is 49.3 Å². The van der Waals surface area contributed by atoms with Crippen LogP contribution in [-0.4, -0.2) is 29.1 Å². The molecule has 0 spiro atoms. The molecule has 0 saturated heterocycles. The lowest BCUT2D eigenvalue weighted by Gasteiger charge is -2.17. The zero-order chi connectivity index (χ0) is 41.2. The van der Waals surface area contributed by atoms with Gasteiger partial charge in [0.25, 0.3) is 5.91 Å². The van der Waals surface area contributed by atoms with E-state index in [1.165, 1.54) is 25.1 Å². The van der Waals surface area contributed by atoms with Crippen LogP contribution in [-0.2, 0) is 18.0 Å². The van der Waals surface area contributed by atoms with E-state index in [1.54, 1.807) is 37.4 Å². The number of amides is 1. The first-order chi connectivity index (χ1) is 27.2. The maximum atomic E-state index is 14.1. The van der Waals surface area contributed by atoms with Crippen LogP contribution in [0.3, 0.4) is 0 Å². The Morgan fingerprint density at radius 1 is 0.667 bits per heavy atom. The molecule has 0 fully saturated rings. The highest BCUT2D eigenvalue weighted by Gasteiger charge is 2.18. The molecule has 5 aromatic carbocycles. The Kier molecular flexibility index (Phi) is 14.6. The second-order valence-corrected chi connectivity index (χ2v) is 14.6. The number of carbonyl (C=O) groups excluding carboxylic acids is 3. The standard InChI is InChI=1S/C26H21BrF2N2O2.C18H15BrF2O3/c1-16-3-11-24(31(16)21-9-5-17(6-10-21)26(32)30-2)22-13-19(27)7-12-25(22)33-15-18-4-8-20(28)14-23(18)29;1-11(22)2-6-17(23)15-8-13(19)4-7-18(15)24-10-12-3-5-14(20)9-16(12)21/h3-14H,15H2,1-2H3,(H,30,32);3-5,7-9H,2,6,10H2,1H3. The third-order valence-corrected chi connectivity index (χ3v) is 9.64. The Labute approximate surface area is 343 Å². The molecule has 0 aliphatic rings. The van der Waals surface area contributed by atoms with Gasteiger partial charge < -0.3 is 24.2 Å². The summed E-state index contributed by atoms with van der Waals surface area (Å²) in [6.45, 7) is 3.23. The minimum Gasteiger partial charge on any atom is -0.488 e. The average molecular weight is 909 g/mol. The van der Waals surface area contributed by atoms with Gasteiger partial charge in [0, 0.05) is 74.6 Å². The average Bonchev–Trinajstić information content (AvgIpc) is 3.57. The molecule has 0 saturated carbocycles. The second-order valence-electron chi connectivity index (χ2n) is 12.8. The minimum atomic E-state index is -0.712. The molecule has 13 heteroatoms. The van der Waals surface area contributed by atoms with Crippen molar-refractivity contribution in [2.45, 2.75) is 39.9 Å². The predicted molar refractivity (Wildman–Crippen MR) is 217 cm³/mol. The van der Waals surface area contributed by atoms with E-state index in [1.807, 2.05) is 49.4 Å². The predicted octanol–water partition coefficient (Wildman–Crippen LogP) is 11.3. The van der Waals surface area contributed by atoms with Gasteiger partial charge in [-0.05, 0) is 111 Å². The molecule has 6 rings (SSSR count). The van der Waals surface area contributed by atoms with Crippen molar-refractivity contribution in [1.29, 1.82) is 0 Å². The van der Waals surface area contributed by atoms with Crippen LogP contribution in [0.4, 0.5) is 17.6 Å². The van der Waals surface area contributed by atoms with Crippen LogP contribution in [0.5, 0.6) is 11.5 Å². The Bertz CT molecular complexity index is 2420. The number of rotatable bonds is 13. The van der Waals surface area contributed by atoms with E-state index in [0.29, 0.717) is 21.3 Å². The maximum absolute atomic E-state index is 14.1. The van der Waals surface area contributed by atoms with Crippen molar-refractivity contribution in [2.24, 2.45) is 0 Å². The zero-order valence-corrected chi connectivity index (χ0v) is 34.1. The number of ether oxygens (including phenoxy) is 2. The highest BCUT2D eigenvalue weighted by Crippen LogP contribution is 2.36. The summed E-state index contributed by atoms with van der Waals surface area (Å²) in [5.41, 5.74) is 4.88. The summed E-state index contributed by atoms with van der Waals surface area (Å²) < 4.78 is 69.0. The molecule has 1 heterocycles. The number of benzene rings is 5. The van der Waals surface area contributed by atoms with Crippen LogP contribution in [0.1, 0.15) is 57.3 Å². The van der Waals surface area contributed by atoms with E-state index in [-0.39, 0.29) is 60.4 Å². The van der Waals surface area contributed by atoms with Gasteiger partial charge in [-0.1, -0.05) is 31.9 Å².